The van der Waals surface area contributed by atoms with Crippen LogP contribution in [0, 0.1) is 13.8 Å². The molecule has 0 fully saturated rings. The van der Waals surface area contributed by atoms with Gasteiger partial charge in [-0.3, -0.25) is 9.59 Å². The Bertz CT molecular complexity index is 845. The normalized spacial score (nSPS) is 12.5. The maximum absolute atomic E-state index is 12.7. The van der Waals surface area contributed by atoms with E-state index in [4.69, 9.17) is 5.11 Å². The number of hydrogen-bond donors (Lipinski definition) is 2. The molecule has 2 rings (SSSR count). The third-order valence-electron chi connectivity index (χ3n) is 4.40. The van der Waals surface area contributed by atoms with Gasteiger partial charge in [-0.1, -0.05) is 35.9 Å². The van der Waals surface area contributed by atoms with E-state index >= 15 is 0 Å². The highest BCUT2D eigenvalue weighted by Crippen LogP contribution is 2.29. The molecule has 2 aromatic rings. The van der Waals surface area contributed by atoms with Gasteiger partial charge in [0.15, 0.2) is 0 Å². The summed E-state index contributed by atoms with van der Waals surface area (Å²) >= 11 is 0. The number of aliphatic carboxylic acids is 1. The van der Waals surface area contributed by atoms with E-state index in [1.54, 1.807) is 0 Å². The molecule has 0 bridgehead atoms. The van der Waals surface area contributed by atoms with Crippen LogP contribution in [0.4, 0.5) is 13.2 Å². The number of carbonyl (C=O) groups excluding carboxylic acids is 1. The van der Waals surface area contributed by atoms with E-state index in [9.17, 15) is 22.8 Å². The summed E-state index contributed by atoms with van der Waals surface area (Å²) in [5, 5.41) is 11.8. The Morgan fingerprint density at radius 3 is 2.25 bits per heavy atom. The molecule has 150 valence electrons. The second-order valence-corrected chi connectivity index (χ2v) is 6.87. The summed E-state index contributed by atoms with van der Waals surface area (Å²) in [6, 6.07) is 9.49. The Hall–Kier alpha value is -2.83. The molecular formula is C21H22F3NO3. The number of carboxylic acid groups (broad SMARTS) is 1. The van der Waals surface area contributed by atoms with E-state index < -0.39 is 23.8 Å². The summed E-state index contributed by atoms with van der Waals surface area (Å²) in [5.41, 5.74) is 2.63. The van der Waals surface area contributed by atoms with Crippen LogP contribution in [0.1, 0.15) is 34.2 Å². The van der Waals surface area contributed by atoms with Crippen molar-refractivity contribution in [2.45, 2.75) is 45.3 Å². The largest absolute Gasteiger partial charge is 0.481 e. The van der Waals surface area contributed by atoms with Gasteiger partial charge in [0.05, 0.1) is 18.4 Å². The second kappa shape index (κ2) is 8.91. The van der Waals surface area contributed by atoms with E-state index in [2.05, 4.69) is 5.32 Å². The van der Waals surface area contributed by atoms with Gasteiger partial charge >= 0.3 is 12.1 Å². The number of carboxylic acids is 1. The number of amides is 1. The van der Waals surface area contributed by atoms with Gasteiger partial charge in [-0.25, -0.2) is 0 Å². The number of nitrogens with one attached hydrogen (secondary N) is 1. The first-order chi connectivity index (χ1) is 13.0. The van der Waals surface area contributed by atoms with Gasteiger partial charge in [0, 0.05) is 6.04 Å². The summed E-state index contributed by atoms with van der Waals surface area (Å²) in [6.45, 7) is 3.84. The summed E-state index contributed by atoms with van der Waals surface area (Å²) < 4.78 is 38.0. The van der Waals surface area contributed by atoms with Gasteiger partial charge in [0.1, 0.15) is 0 Å². The first-order valence-corrected chi connectivity index (χ1v) is 8.78. The van der Waals surface area contributed by atoms with E-state index in [-0.39, 0.29) is 25.2 Å². The van der Waals surface area contributed by atoms with Crippen LogP contribution in [0.3, 0.4) is 0 Å². The van der Waals surface area contributed by atoms with E-state index in [0.717, 1.165) is 28.8 Å². The number of carbonyl (C=O) groups is 2. The third kappa shape index (κ3) is 6.40. The molecule has 1 amide bonds. The fourth-order valence-corrected chi connectivity index (χ4v) is 3.00. The topological polar surface area (TPSA) is 66.4 Å². The average molecular weight is 393 g/mol. The summed E-state index contributed by atoms with van der Waals surface area (Å²) in [5.74, 6) is -1.42. The van der Waals surface area contributed by atoms with Crippen molar-refractivity contribution in [1.82, 2.24) is 5.32 Å². The average Bonchev–Trinajstić information content (AvgIpc) is 2.56. The lowest BCUT2D eigenvalue weighted by Crippen LogP contribution is -2.39. The van der Waals surface area contributed by atoms with Gasteiger partial charge < -0.3 is 10.4 Å². The molecule has 2 aromatic carbocycles. The minimum atomic E-state index is -4.43. The molecule has 0 saturated heterocycles. The van der Waals surface area contributed by atoms with Crippen LogP contribution in [-0.2, 0) is 28.6 Å². The van der Waals surface area contributed by atoms with Crippen molar-refractivity contribution in [1.29, 1.82) is 0 Å². The molecule has 0 heterocycles. The zero-order valence-corrected chi connectivity index (χ0v) is 15.6. The minimum Gasteiger partial charge on any atom is -0.481 e. The zero-order chi connectivity index (χ0) is 20.9. The van der Waals surface area contributed by atoms with E-state index in [1.807, 2.05) is 32.0 Å². The van der Waals surface area contributed by atoms with Crippen molar-refractivity contribution in [2.75, 3.05) is 0 Å². The van der Waals surface area contributed by atoms with Crippen molar-refractivity contribution in [3.8, 4) is 0 Å². The molecule has 0 radical (unpaired) electrons. The van der Waals surface area contributed by atoms with Gasteiger partial charge in [0.2, 0.25) is 5.91 Å². The molecule has 0 spiro atoms. The summed E-state index contributed by atoms with van der Waals surface area (Å²) in [7, 11) is 0. The van der Waals surface area contributed by atoms with Gasteiger partial charge in [-0.2, -0.15) is 13.2 Å². The fraction of sp³-hybridized carbons (Fsp3) is 0.333. The molecule has 0 unspecified atom stereocenters. The van der Waals surface area contributed by atoms with Crippen LogP contribution >= 0.6 is 0 Å². The molecule has 0 aliphatic carbocycles. The number of rotatable bonds is 7. The predicted molar refractivity (Wildman–Crippen MR) is 99.0 cm³/mol. The summed E-state index contributed by atoms with van der Waals surface area (Å²) in [6.07, 6.45) is -4.52. The minimum absolute atomic E-state index is 0.106. The Labute approximate surface area is 161 Å². The third-order valence-corrected chi connectivity index (χ3v) is 4.40. The highest BCUT2D eigenvalue weighted by atomic mass is 19.4. The lowest BCUT2D eigenvalue weighted by molar-refractivity contribution is -0.138. The Morgan fingerprint density at radius 2 is 1.71 bits per heavy atom. The smallest absolute Gasteiger partial charge is 0.416 e. The predicted octanol–water partition coefficient (Wildman–Crippen LogP) is 4.07. The van der Waals surface area contributed by atoms with Gasteiger partial charge in [0.25, 0.3) is 0 Å². The monoisotopic (exact) mass is 393 g/mol. The highest BCUT2D eigenvalue weighted by molar-refractivity contribution is 5.80. The van der Waals surface area contributed by atoms with Crippen molar-refractivity contribution >= 4 is 11.9 Å². The fourth-order valence-electron chi connectivity index (χ4n) is 3.00. The quantitative estimate of drug-likeness (QED) is 0.745. The van der Waals surface area contributed by atoms with Gasteiger partial charge in [-0.05, 0) is 49.1 Å². The van der Waals surface area contributed by atoms with Crippen molar-refractivity contribution < 1.29 is 27.9 Å². The molecule has 0 aliphatic heterocycles. The molecular weight excluding hydrogens is 371 g/mol. The number of alkyl halides is 3. The molecule has 0 saturated carbocycles. The van der Waals surface area contributed by atoms with E-state index in [0.29, 0.717) is 5.56 Å². The highest BCUT2D eigenvalue weighted by Gasteiger charge is 2.30. The standard InChI is InChI=1S/C21H22F3NO3/c1-13-3-6-16(14(2)9-13)11-19(26)25-18(12-20(27)28)10-15-4-7-17(8-5-15)21(22,23)24/h3-9,18H,10-12H2,1-2H3,(H,25,26)(H,27,28)/t18-/m0/s1. The van der Waals surface area contributed by atoms with Crippen LogP contribution < -0.4 is 5.32 Å². The SMILES string of the molecule is Cc1ccc(CC(=O)N[C@H](CC(=O)O)Cc2ccc(C(F)(F)F)cc2)c(C)c1. The zero-order valence-electron chi connectivity index (χ0n) is 15.6. The maximum atomic E-state index is 12.7. The Kier molecular flexibility index (Phi) is 6.83. The van der Waals surface area contributed by atoms with Crippen molar-refractivity contribution in [3.05, 3.63) is 70.3 Å². The number of benzene rings is 2. The van der Waals surface area contributed by atoms with E-state index in [1.165, 1.54) is 12.1 Å². The molecule has 1 atom stereocenters. The Morgan fingerprint density at radius 1 is 1.07 bits per heavy atom. The Balaban J connectivity index is 2.06. The first-order valence-electron chi connectivity index (χ1n) is 8.78. The summed E-state index contributed by atoms with van der Waals surface area (Å²) in [4.78, 5) is 23.5. The molecule has 2 N–H and O–H groups in total. The molecule has 4 nitrogen and oxygen atoms in total. The van der Waals surface area contributed by atoms with Crippen molar-refractivity contribution in [2.24, 2.45) is 0 Å². The second-order valence-electron chi connectivity index (χ2n) is 6.87. The molecule has 7 heteroatoms. The van der Waals surface area contributed by atoms with Gasteiger partial charge in [-0.15, -0.1) is 0 Å². The molecule has 28 heavy (non-hydrogen) atoms. The van der Waals surface area contributed by atoms with Crippen LogP contribution in [0.25, 0.3) is 0 Å². The number of hydrogen-bond acceptors (Lipinski definition) is 2. The number of halogens is 3. The number of aryl methyl sites for hydroxylation is 2. The van der Waals surface area contributed by atoms with Crippen LogP contribution in [0.5, 0.6) is 0 Å². The molecule has 0 aliphatic rings. The molecule has 0 aromatic heterocycles. The van der Waals surface area contributed by atoms with Crippen LogP contribution in [0.2, 0.25) is 0 Å². The van der Waals surface area contributed by atoms with Crippen molar-refractivity contribution in [3.63, 3.8) is 0 Å². The lowest BCUT2D eigenvalue weighted by atomic mass is 10.00. The maximum Gasteiger partial charge on any atom is 0.416 e. The first kappa shape index (κ1) is 21.5. The lowest BCUT2D eigenvalue weighted by Gasteiger charge is -2.18. The van der Waals surface area contributed by atoms with Crippen LogP contribution in [-0.4, -0.2) is 23.0 Å². The van der Waals surface area contributed by atoms with Crippen LogP contribution in [0.15, 0.2) is 42.5 Å².